The van der Waals surface area contributed by atoms with Gasteiger partial charge in [-0.1, -0.05) is 54.6 Å². The van der Waals surface area contributed by atoms with Crippen molar-refractivity contribution in [1.82, 2.24) is 0 Å². The summed E-state index contributed by atoms with van der Waals surface area (Å²) in [7, 11) is 0. The molecule has 3 rings (SSSR count). The molecule has 0 unspecified atom stereocenters. The largest absolute Gasteiger partial charge is 0.326 e. The minimum atomic E-state index is -0.0953. The van der Waals surface area contributed by atoms with E-state index in [4.69, 9.17) is 0 Å². The third-order valence-electron chi connectivity index (χ3n) is 3.78. The highest BCUT2D eigenvalue weighted by Crippen LogP contribution is 2.19. The molecule has 3 aromatic rings. The first-order chi connectivity index (χ1) is 11.1. The zero-order valence-corrected chi connectivity index (χ0v) is 12.9. The first-order valence-corrected chi connectivity index (χ1v) is 7.51. The lowest BCUT2D eigenvalue weighted by Crippen LogP contribution is -2.14. The van der Waals surface area contributed by atoms with Crippen molar-refractivity contribution in [2.45, 2.75) is 13.3 Å². The van der Waals surface area contributed by atoms with Gasteiger partial charge in [0.05, 0.1) is 6.42 Å². The molecule has 0 aliphatic heterocycles. The lowest BCUT2D eigenvalue weighted by molar-refractivity contribution is -0.115. The number of ketones is 1. The van der Waals surface area contributed by atoms with Crippen molar-refractivity contribution >= 4 is 28.2 Å². The van der Waals surface area contributed by atoms with Crippen LogP contribution in [0.1, 0.15) is 22.8 Å². The van der Waals surface area contributed by atoms with Crippen molar-refractivity contribution in [3.8, 4) is 0 Å². The summed E-state index contributed by atoms with van der Waals surface area (Å²) < 4.78 is 0. The molecule has 114 valence electrons. The molecule has 0 radical (unpaired) electrons. The highest BCUT2D eigenvalue weighted by molar-refractivity contribution is 5.98. The number of rotatable bonds is 4. The van der Waals surface area contributed by atoms with Gasteiger partial charge in [-0.15, -0.1) is 0 Å². The molecular weight excluding hydrogens is 286 g/mol. The van der Waals surface area contributed by atoms with Crippen LogP contribution in [0.25, 0.3) is 10.8 Å². The summed E-state index contributed by atoms with van der Waals surface area (Å²) in [6.45, 7) is 1.51. The molecule has 3 heteroatoms. The molecule has 0 atom stereocenters. The number of fused-ring (bicyclic) bond motifs is 1. The summed E-state index contributed by atoms with van der Waals surface area (Å²) >= 11 is 0. The molecule has 0 heterocycles. The van der Waals surface area contributed by atoms with E-state index < -0.39 is 0 Å². The van der Waals surface area contributed by atoms with Gasteiger partial charge in [-0.2, -0.15) is 0 Å². The Bertz CT molecular complexity index is 878. The van der Waals surface area contributed by atoms with Crippen LogP contribution in [0.3, 0.4) is 0 Å². The molecule has 0 aliphatic carbocycles. The van der Waals surface area contributed by atoms with E-state index in [0.29, 0.717) is 17.7 Å². The number of carbonyl (C=O) groups excluding carboxylic acids is 2. The number of anilines is 1. The van der Waals surface area contributed by atoms with Crippen LogP contribution >= 0.6 is 0 Å². The Morgan fingerprint density at radius 1 is 0.913 bits per heavy atom. The lowest BCUT2D eigenvalue weighted by atomic mass is 10.0. The highest BCUT2D eigenvalue weighted by Gasteiger charge is 2.08. The van der Waals surface area contributed by atoms with Gasteiger partial charge < -0.3 is 5.32 Å². The van der Waals surface area contributed by atoms with Crippen molar-refractivity contribution in [3.63, 3.8) is 0 Å². The highest BCUT2D eigenvalue weighted by atomic mass is 16.1. The summed E-state index contributed by atoms with van der Waals surface area (Å²) in [4.78, 5) is 23.7. The van der Waals surface area contributed by atoms with Gasteiger partial charge in [-0.25, -0.2) is 0 Å². The fraction of sp³-hybridized carbons (Fsp3) is 0.100. The average molecular weight is 303 g/mol. The number of hydrogen-bond acceptors (Lipinski definition) is 2. The van der Waals surface area contributed by atoms with E-state index in [1.807, 2.05) is 42.5 Å². The Morgan fingerprint density at radius 2 is 1.65 bits per heavy atom. The van der Waals surface area contributed by atoms with Gasteiger partial charge in [-0.3, -0.25) is 9.59 Å². The molecule has 0 spiro atoms. The van der Waals surface area contributed by atoms with Gasteiger partial charge in [0.15, 0.2) is 5.78 Å². The van der Waals surface area contributed by atoms with Crippen LogP contribution in [0.15, 0.2) is 66.7 Å². The predicted octanol–water partition coefficient (Wildman–Crippen LogP) is 4.22. The second-order valence-electron chi connectivity index (χ2n) is 5.50. The molecule has 0 fully saturated rings. The Hall–Kier alpha value is -2.94. The zero-order chi connectivity index (χ0) is 16.2. The molecule has 0 bridgehead atoms. The smallest absolute Gasteiger partial charge is 0.228 e. The Balaban J connectivity index is 1.79. The van der Waals surface area contributed by atoms with Crippen LogP contribution in [-0.2, 0) is 11.2 Å². The van der Waals surface area contributed by atoms with E-state index >= 15 is 0 Å². The minimum absolute atomic E-state index is 0.0184. The molecule has 3 aromatic carbocycles. The molecule has 3 nitrogen and oxygen atoms in total. The maximum atomic E-state index is 12.3. The topological polar surface area (TPSA) is 46.2 Å². The number of benzene rings is 3. The molecular formula is C20H17NO2. The van der Waals surface area contributed by atoms with Crippen LogP contribution in [-0.4, -0.2) is 11.7 Å². The first-order valence-electron chi connectivity index (χ1n) is 7.51. The monoisotopic (exact) mass is 303 g/mol. The Morgan fingerprint density at radius 3 is 2.48 bits per heavy atom. The van der Waals surface area contributed by atoms with E-state index in [1.54, 1.807) is 24.3 Å². The number of Topliss-reactive ketones (excluding diaryl/α,β-unsaturated/α-hetero) is 1. The second kappa shape index (κ2) is 6.44. The average Bonchev–Trinajstić information content (AvgIpc) is 2.55. The quantitative estimate of drug-likeness (QED) is 0.733. The maximum Gasteiger partial charge on any atom is 0.228 e. The standard InChI is InChI=1S/C20H17NO2/c1-14(22)16-8-5-10-18(12-16)21-20(23)13-17-9-4-7-15-6-2-3-11-19(15)17/h2-12H,13H2,1H3,(H,21,23). The summed E-state index contributed by atoms with van der Waals surface area (Å²) in [5, 5.41) is 5.07. The van der Waals surface area contributed by atoms with Crippen LogP contribution in [0, 0.1) is 0 Å². The van der Waals surface area contributed by atoms with E-state index in [2.05, 4.69) is 5.32 Å². The van der Waals surface area contributed by atoms with Crippen LogP contribution in [0.2, 0.25) is 0 Å². The first kappa shape index (κ1) is 15.0. The fourth-order valence-corrected chi connectivity index (χ4v) is 2.64. The molecule has 0 aliphatic rings. The summed E-state index contributed by atoms with van der Waals surface area (Å²) in [6.07, 6.45) is 0.297. The van der Waals surface area contributed by atoms with Gasteiger partial charge >= 0.3 is 0 Å². The van der Waals surface area contributed by atoms with Crippen LogP contribution in [0.5, 0.6) is 0 Å². The SMILES string of the molecule is CC(=O)c1cccc(NC(=O)Cc2cccc3ccccc23)c1. The van der Waals surface area contributed by atoms with Gasteiger partial charge in [-0.05, 0) is 35.4 Å². The molecule has 0 aromatic heterocycles. The molecule has 0 saturated carbocycles. The van der Waals surface area contributed by atoms with Crippen LogP contribution < -0.4 is 5.32 Å². The number of nitrogens with one attached hydrogen (secondary N) is 1. The molecule has 1 N–H and O–H groups in total. The van der Waals surface area contributed by atoms with E-state index in [1.165, 1.54) is 6.92 Å². The normalized spacial score (nSPS) is 10.5. The van der Waals surface area contributed by atoms with Crippen molar-refractivity contribution in [2.24, 2.45) is 0 Å². The fourth-order valence-electron chi connectivity index (χ4n) is 2.64. The number of amides is 1. The summed E-state index contributed by atoms with van der Waals surface area (Å²) in [5.41, 5.74) is 2.22. The van der Waals surface area contributed by atoms with Gasteiger partial charge in [0, 0.05) is 11.3 Å². The zero-order valence-electron chi connectivity index (χ0n) is 12.9. The van der Waals surface area contributed by atoms with Gasteiger partial charge in [0.1, 0.15) is 0 Å². The molecule has 23 heavy (non-hydrogen) atoms. The second-order valence-corrected chi connectivity index (χ2v) is 5.50. The summed E-state index contributed by atoms with van der Waals surface area (Å²) in [5.74, 6) is -0.114. The third-order valence-corrected chi connectivity index (χ3v) is 3.78. The third kappa shape index (κ3) is 3.46. The van der Waals surface area contributed by atoms with Crippen molar-refractivity contribution in [3.05, 3.63) is 77.9 Å². The van der Waals surface area contributed by atoms with E-state index in [9.17, 15) is 9.59 Å². The lowest BCUT2D eigenvalue weighted by Gasteiger charge is -2.08. The van der Waals surface area contributed by atoms with Crippen LogP contribution in [0.4, 0.5) is 5.69 Å². The van der Waals surface area contributed by atoms with E-state index in [-0.39, 0.29) is 11.7 Å². The molecule has 0 saturated heterocycles. The maximum absolute atomic E-state index is 12.3. The van der Waals surface area contributed by atoms with E-state index in [0.717, 1.165) is 16.3 Å². The Labute approximate surface area is 135 Å². The van der Waals surface area contributed by atoms with Gasteiger partial charge in [0.2, 0.25) is 5.91 Å². The predicted molar refractivity (Wildman–Crippen MR) is 92.7 cm³/mol. The van der Waals surface area contributed by atoms with Crippen molar-refractivity contribution in [2.75, 3.05) is 5.32 Å². The minimum Gasteiger partial charge on any atom is -0.326 e. The number of hydrogen-bond donors (Lipinski definition) is 1. The van der Waals surface area contributed by atoms with Gasteiger partial charge in [0.25, 0.3) is 0 Å². The number of carbonyl (C=O) groups is 2. The van der Waals surface area contributed by atoms with Crippen molar-refractivity contribution < 1.29 is 9.59 Å². The summed E-state index contributed by atoms with van der Waals surface area (Å²) in [6, 6.07) is 21.0. The molecule has 1 amide bonds. The Kier molecular flexibility index (Phi) is 4.20. The van der Waals surface area contributed by atoms with Crippen molar-refractivity contribution in [1.29, 1.82) is 0 Å².